The number of fused-ring (bicyclic) bond motifs is 1. The Morgan fingerprint density at radius 3 is 2.89 bits per heavy atom. The summed E-state index contributed by atoms with van der Waals surface area (Å²) in [5.41, 5.74) is 1.07. The summed E-state index contributed by atoms with van der Waals surface area (Å²) in [5.74, 6) is 1.54. The topological polar surface area (TPSA) is 59.6 Å². The smallest absolute Gasteiger partial charge is 0.234 e. The SMILES string of the molecule is CC(C)NC(=O)CNCc1ccc2c(c1)OCO2. The maximum Gasteiger partial charge on any atom is 0.234 e. The van der Waals surface area contributed by atoms with Gasteiger partial charge in [-0.3, -0.25) is 4.79 Å². The maximum atomic E-state index is 11.4. The minimum absolute atomic E-state index is 0.00532. The molecular formula is C13H18N2O3. The quantitative estimate of drug-likeness (QED) is 0.819. The number of carbonyl (C=O) groups is 1. The number of rotatable bonds is 5. The zero-order chi connectivity index (χ0) is 13.0. The Morgan fingerprint density at radius 2 is 2.11 bits per heavy atom. The van der Waals surface area contributed by atoms with Crippen molar-refractivity contribution in [3.63, 3.8) is 0 Å². The van der Waals surface area contributed by atoms with Gasteiger partial charge in [-0.1, -0.05) is 6.07 Å². The van der Waals surface area contributed by atoms with Gasteiger partial charge in [0.05, 0.1) is 6.54 Å². The first-order valence-electron chi connectivity index (χ1n) is 6.04. The first kappa shape index (κ1) is 12.7. The van der Waals surface area contributed by atoms with Crippen LogP contribution in [0.1, 0.15) is 19.4 Å². The van der Waals surface area contributed by atoms with E-state index >= 15 is 0 Å². The Kier molecular flexibility index (Phi) is 4.04. The van der Waals surface area contributed by atoms with Gasteiger partial charge in [-0.15, -0.1) is 0 Å². The summed E-state index contributed by atoms with van der Waals surface area (Å²) in [4.78, 5) is 11.4. The second kappa shape index (κ2) is 5.73. The Morgan fingerprint density at radius 1 is 1.33 bits per heavy atom. The van der Waals surface area contributed by atoms with Gasteiger partial charge in [0.15, 0.2) is 11.5 Å². The van der Waals surface area contributed by atoms with Crippen molar-refractivity contribution in [2.75, 3.05) is 13.3 Å². The lowest BCUT2D eigenvalue weighted by Crippen LogP contribution is -2.37. The van der Waals surface area contributed by atoms with E-state index in [1.54, 1.807) is 0 Å². The van der Waals surface area contributed by atoms with E-state index in [2.05, 4.69) is 10.6 Å². The Labute approximate surface area is 106 Å². The average molecular weight is 250 g/mol. The monoisotopic (exact) mass is 250 g/mol. The number of nitrogens with one attached hydrogen (secondary N) is 2. The maximum absolute atomic E-state index is 11.4. The molecule has 2 rings (SSSR count). The number of ether oxygens (including phenoxy) is 2. The number of hydrogen-bond acceptors (Lipinski definition) is 4. The molecule has 0 radical (unpaired) electrons. The molecule has 0 fully saturated rings. The standard InChI is InChI=1S/C13H18N2O3/c1-9(2)15-13(16)7-14-6-10-3-4-11-12(5-10)18-8-17-11/h3-5,9,14H,6-8H2,1-2H3,(H,15,16). The lowest BCUT2D eigenvalue weighted by molar-refractivity contribution is -0.120. The third-order valence-corrected chi connectivity index (χ3v) is 2.50. The number of carbonyl (C=O) groups excluding carboxylic acids is 1. The summed E-state index contributed by atoms with van der Waals surface area (Å²) in [6.45, 7) is 5.10. The van der Waals surface area contributed by atoms with Crippen LogP contribution in [0, 0.1) is 0 Å². The summed E-state index contributed by atoms with van der Waals surface area (Å²) >= 11 is 0. The highest BCUT2D eigenvalue weighted by atomic mass is 16.7. The molecule has 1 amide bonds. The third kappa shape index (κ3) is 3.37. The molecule has 0 aliphatic carbocycles. The summed E-state index contributed by atoms with van der Waals surface area (Å²) < 4.78 is 10.5. The highest BCUT2D eigenvalue weighted by Crippen LogP contribution is 2.32. The second-order valence-corrected chi connectivity index (χ2v) is 4.51. The molecule has 5 heteroatoms. The van der Waals surface area contributed by atoms with Crippen molar-refractivity contribution >= 4 is 5.91 Å². The fraction of sp³-hybridized carbons (Fsp3) is 0.462. The first-order valence-corrected chi connectivity index (χ1v) is 6.04. The normalized spacial score (nSPS) is 12.8. The molecule has 0 saturated heterocycles. The minimum atomic E-state index is 0.00532. The van der Waals surface area contributed by atoms with Crippen LogP contribution in [-0.2, 0) is 11.3 Å². The van der Waals surface area contributed by atoms with Crippen LogP contribution < -0.4 is 20.1 Å². The van der Waals surface area contributed by atoms with E-state index in [1.165, 1.54) is 0 Å². The third-order valence-electron chi connectivity index (χ3n) is 2.50. The van der Waals surface area contributed by atoms with E-state index in [9.17, 15) is 4.79 Å². The first-order chi connectivity index (χ1) is 8.65. The van der Waals surface area contributed by atoms with Crippen LogP contribution in [0.3, 0.4) is 0 Å². The van der Waals surface area contributed by atoms with Crippen LogP contribution in [0.25, 0.3) is 0 Å². The minimum Gasteiger partial charge on any atom is -0.454 e. The molecule has 0 saturated carbocycles. The molecule has 2 N–H and O–H groups in total. The molecule has 98 valence electrons. The molecule has 18 heavy (non-hydrogen) atoms. The molecular weight excluding hydrogens is 232 g/mol. The van der Waals surface area contributed by atoms with Crippen molar-refractivity contribution in [1.29, 1.82) is 0 Å². The summed E-state index contributed by atoms with van der Waals surface area (Å²) in [6, 6.07) is 5.94. The van der Waals surface area contributed by atoms with Crippen LogP contribution >= 0.6 is 0 Å². The highest BCUT2D eigenvalue weighted by Gasteiger charge is 2.13. The van der Waals surface area contributed by atoms with Gasteiger partial charge in [0.1, 0.15) is 0 Å². The van der Waals surface area contributed by atoms with Crippen molar-refractivity contribution in [3.8, 4) is 11.5 Å². The Bertz CT molecular complexity index is 432. The van der Waals surface area contributed by atoms with Gasteiger partial charge >= 0.3 is 0 Å². The van der Waals surface area contributed by atoms with Crippen molar-refractivity contribution < 1.29 is 14.3 Å². The van der Waals surface area contributed by atoms with E-state index in [1.807, 2.05) is 32.0 Å². The molecule has 1 aromatic carbocycles. The zero-order valence-electron chi connectivity index (χ0n) is 10.7. The number of hydrogen-bond donors (Lipinski definition) is 2. The molecule has 1 aliphatic heterocycles. The van der Waals surface area contributed by atoms with Gasteiger partial charge in [-0.2, -0.15) is 0 Å². The van der Waals surface area contributed by atoms with Crippen LogP contribution in [0.15, 0.2) is 18.2 Å². The second-order valence-electron chi connectivity index (χ2n) is 4.51. The summed E-state index contributed by atoms with van der Waals surface area (Å²) in [7, 11) is 0. The van der Waals surface area contributed by atoms with E-state index in [0.29, 0.717) is 13.1 Å². The number of benzene rings is 1. The van der Waals surface area contributed by atoms with Gasteiger partial charge in [0.25, 0.3) is 0 Å². The van der Waals surface area contributed by atoms with Crippen molar-refractivity contribution in [3.05, 3.63) is 23.8 Å². The van der Waals surface area contributed by atoms with E-state index < -0.39 is 0 Å². The summed E-state index contributed by atoms with van der Waals surface area (Å²) in [5, 5.41) is 5.91. The molecule has 0 unspecified atom stereocenters. The predicted octanol–water partition coefficient (Wildman–Crippen LogP) is 1.03. The summed E-state index contributed by atoms with van der Waals surface area (Å²) in [6.07, 6.45) is 0. The van der Waals surface area contributed by atoms with E-state index in [4.69, 9.17) is 9.47 Å². The highest BCUT2D eigenvalue weighted by molar-refractivity contribution is 5.78. The molecule has 0 bridgehead atoms. The Balaban J connectivity index is 1.78. The molecule has 1 aliphatic rings. The fourth-order valence-electron chi connectivity index (χ4n) is 1.74. The van der Waals surface area contributed by atoms with E-state index in [-0.39, 0.29) is 18.7 Å². The molecule has 5 nitrogen and oxygen atoms in total. The van der Waals surface area contributed by atoms with Gasteiger partial charge in [-0.05, 0) is 31.5 Å². The lowest BCUT2D eigenvalue weighted by atomic mass is 10.2. The number of amides is 1. The van der Waals surface area contributed by atoms with Gasteiger partial charge in [0.2, 0.25) is 12.7 Å². The van der Waals surface area contributed by atoms with Gasteiger partial charge in [0, 0.05) is 12.6 Å². The average Bonchev–Trinajstić information content (AvgIpc) is 2.75. The molecule has 0 atom stereocenters. The lowest BCUT2D eigenvalue weighted by Gasteiger charge is -2.09. The Hall–Kier alpha value is -1.75. The zero-order valence-corrected chi connectivity index (χ0v) is 10.7. The van der Waals surface area contributed by atoms with Crippen LogP contribution in [0.5, 0.6) is 11.5 Å². The fourth-order valence-corrected chi connectivity index (χ4v) is 1.74. The molecule has 0 aromatic heterocycles. The largest absolute Gasteiger partial charge is 0.454 e. The molecule has 1 heterocycles. The predicted molar refractivity (Wildman–Crippen MR) is 67.6 cm³/mol. The van der Waals surface area contributed by atoms with Crippen LogP contribution in [-0.4, -0.2) is 25.3 Å². The van der Waals surface area contributed by atoms with Crippen LogP contribution in [0.2, 0.25) is 0 Å². The van der Waals surface area contributed by atoms with Crippen molar-refractivity contribution in [2.24, 2.45) is 0 Å². The van der Waals surface area contributed by atoms with Crippen molar-refractivity contribution in [2.45, 2.75) is 26.4 Å². The molecule has 0 spiro atoms. The van der Waals surface area contributed by atoms with Crippen molar-refractivity contribution in [1.82, 2.24) is 10.6 Å². The van der Waals surface area contributed by atoms with Gasteiger partial charge in [-0.25, -0.2) is 0 Å². The molecule has 1 aromatic rings. The van der Waals surface area contributed by atoms with Crippen LogP contribution in [0.4, 0.5) is 0 Å². The van der Waals surface area contributed by atoms with E-state index in [0.717, 1.165) is 17.1 Å². The van der Waals surface area contributed by atoms with Gasteiger partial charge < -0.3 is 20.1 Å².